The Kier molecular flexibility index (Phi) is 4.01. The van der Waals surface area contributed by atoms with Crippen molar-refractivity contribution in [1.29, 1.82) is 0 Å². The zero-order chi connectivity index (χ0) is 14.7. The number of piperidine rings is 1. The summed E-state index contributed by atoms with van der Waals surface area (Å²) >= 11 is 6.06. The maximum atomic E-state index is 11.8. The van der Waals surface area contributed by atoms with E-state index in [0.29, 0.717) is 16.8 Å². The predicted molar refractivity (Wildman–Crippen MR) is 82.1 cm³/mol. The first kappa shape index (κ1) is 13.8. The molecule has 1 amide bonds. The lowest BCUT2D eigenvalue weighted by molar-refractivity contribution is -0.123. The van der Waals surface area contributed by atoms with Crippen molar-refractivity contribution in [2.24, 2.45) is 0 Å². The van der Waals surface area contributed by atoms with E-state index in [1.165, 1.54) is 0 Å². The molecule has 1 aromatic carbocycles. The van der Waals surface area contributed by atoms with Crippen LogP contribution in [0.4, 0.5) is 5.82 Å². The van der Waals surface area contributed by atoms with Crippen LogP contribution in [0.2, 0.25) is 5.15 Å². The largest absolute Gasteiger partial charge is 0.358 e. The van der Waals surface area contributed by atoms with Crippen LogP contribution in [-0.4, -0.2) is 28.5 Å². The highest BCUT2D eigenvalue weighted by Crippen LogP contribution is 2.21. The number of aromatic nitrogens is 2. The van der Waals surface area contributed by atoms with Crippen LogP contribution in [0.3, 0.4) is 0 Å². The number of halogens is 1. The summed E-state index contributed by atoms with van der Waals surface area (Å²) in [5.41, 5.74) is 0.885. The summed E-state index contributed by atoms with van der Waals surface area (Å²) in [4.78, 5) is 20.5. The molecular weight excluding hydrogens is 288 g/mol. The molecule has 0 aliphatic carbocycles. The second-order valence-corrected chi connectivity index (χ2v) is 5.28. The number of carbonyl (C=O) groups is 1. The molecule has 108 valence electrons. The molecular formula is C15H15ClN4O. The molecule has 1 unspecified atom stereocenters. The van der Waals surface area contributed by atoms with Gasteiger partial charge < -0.3 is 10.6 Å². The first-order valence-corrected chi connectivity index (χ1v) is 7.24. The first-order valence-electron chi connectivity index (χ1n) is 6.86. The Labute approximate surface area is 127 Å². The SMILES string of the molecule is O=C1NCCCC1Nc1cc(Cl)nc(-c2ccccc2)n1. The molecule has 21 heavy (non-hydrogen) atoms. The van der Waals surface area contributed by atoms with Gasteiger partial charge in [0.25, 0.3) is 0 Å². The minimum Gasteiger partial charge on any atom is -0.358 e. The van der Waals surface area contributed by atoms with Crippen molar-refractivity contribution in [2.75, 3.05) is 11.9 Å². The molecule has 1 aromatic heterocycles. The number of carbonyl (C=O) groups excluding carboxylic acids is 1. The number of nitrogens with zero attached hydrogens (tertiary/aromatic N) is 2. The third-order valence-electron chi connectivity index (χ3n) is 3.33. The van der Waals surface area contributed by atoms with E-state index in [2.05, 4.69) is 20.6 Å². The molecule has 1 fully saturated rings. The number of hydrogen-bond donors (Lipinski definition) is 2. The van der Waals surface area contributed by atoms with E-state index in [1.807, 2.05) is 30.3 Å². The summed E-state index contributed by atoms with van der Waals surface area (Å²) in [6, 6.07) is 11.0. The molecule has 3 rings (SSSR count). The number of nitrogens with one attached hydrogen (secondary N) is 2. The highest BCUT2D eigenvalue weighted by atomic mass is 35.5. The monoisotopic (exact) mass is 302 g/mol. The van der Waals surface area contributed by atoms with Crippen molar-refractivity contribution in [2.45, 2.75) is 18.9 Å². The molecule has 2 aromatic rings. The second kappa shape index (κ2) is 6.10. The Morgan fingerprint density at radius 2 is 2.05 bits per heavy atom. The van der Waals surface area contributed by atoms with Gasteiger partial charge in [0.15, 0.2) is 5.82 Å². The van der Waals surface area contributed by atoms with Crippen LogP contribution in [0.5, 0.6) is 0 Å². The number of amides is 1. The average molecular weight is 303 g/mol. The van der Waals surface area contributed by atoms with Crippen LogP contribution in [0.15, 0.2) is 36.4 Å². The van der Waals surface area contributed by atoms with Crippen LogP contribution < -0.4 is 10.6 Å². The molecule has 6 heteroatoms. The lowest BCUT2D eigenvalue weighted by Crippen LogP contribution is -2.44. The van der Waals surface area contributed by atoms with Gasteiger partial charge in [0.2, 0.25) is 5.91 Å². The van der Waals surface area contributed by atoms with Gasteiger partial charge in [-0.3, -0.25) is 4.79 Å². The highest BCUT2D eigenvalue weighted by Gasteiger charge is 2.22. The van der Waals surface area contributed by atoms with Gasteiger partial charge in [0.05, 0.1) is 0 Å². The molecule has 0 spiro atoms. The Morgan fingerprint density at radius 1 is 1.24 bits per heavy atom. The third kappa shape index (κ3) is 3.31. The van der Waals surface area contributed by atoms with Gasteiger partial charge in [-0.15, -0.1) is 0 Å². The fraction of sp³-hybridized carbons (Fsp3) is 0.267. The van der Waals surface area contributed by atoms with Gasteiger partial charge >= 0.3 is 0 Å². The molecule has 1 aliphatic rings. The van der Waals surface area contributed by atoms with E-state index in [4.69, 9.17) is 11.6 Å². The Hall–Kier alpha value is -2.14. The van der Waals surface area contributed by atoms with Crippen molar-refractivity contribution in [1.82, 2.24) is 15.3 Å². The van der Waals surface area contributed by atoms with E-state index < -0.39 is 0 Å². The number of anilines is 1. The maximum absolute atomic E-state index is 11.8. The van der Waals surface area contributed by atoms with E-state index in [9.17, 15) is 4.79 Å². The molecule has 0 radical (unpaired) electrons. The summed E-state index contributed by atoms with van der Waals surface area (Å²) in [6.07, 6.45) is 1.74. The summed E-state index contributed by atoms with van der Waals surface area (Å²) in [7, 11) is 0. The van der Waals surface area contributed by atoms with Crippen LogP contribution >= 0.6 is 11.6 Å². The van der Waals surface area contributed by atoms with E-state index in [1.54, 1.807) is 6.07 Å². The maximum Gasteiger partial charge on any atom is 0.242 e. The lowest BCUT2D eigenvalue weighted by Gasteiger charge is -2.23. The minimum atomic E-state index is -0.270. The van der Waals surface area contributed by atoms with Crippen LogP contribution in [0.25, 0.3) is 11.4 Å². The molecule has 2 heterocycles. The van der Waals surface area contributed by atoms with Crippen molar-refractivity contribution in [3.63, 3.8) is 0 Å². The summed E-state index contributed by atoms with van der Waals surface area (Å²) in [5.74, 6) is 1.11. The van der Waals surface area contributed by atoms with E-state index >= 15 is 0 Å². The van der Waals surface area contributed by atoms with Crippen molar-refractivity contribution >= 4 is 23.3 Å². The van der Waals surface area contributed by atoms with Crippen molar-refractivity contribution in [3.8, 4) is 11.4 Å². The molecule has 2 N–H and O–H groups in total. The predicted octanol–water partition coefficient (Wildman–Crippen LogP) is 2.49. The van der Waals surface area contributed by atoms with Gasteiger partial charge in [-0.1, -0.05) is 41.9 Å². The topological polar surface area (TPSA) is 66.9 Å². The lowest BCUT2D eigenvalue weighted by atomic mass is 10.1. The normalized spacial score (nSPS) is 18.1. The summed E-state index contributed by atoms with van der Waals surface area (Å²) in [6.45, 7) is 0.733. The molecule has 1 atom stereocenters. The van der Waals surface area contributed by atoms with Crippen molar-refractivity contribution < 1.29 is 4.79 Å². The molecule has 1 saturated heterocycles. The van der Waals surface area contributed by atoms with Gasteiger partial charge in [-0.05, 0) is 12.8 Å². The number of rotatable bonds is 3. The van der Waals surface area contributed by atoms with Crippen molar-refractivity contribution in [3.05, 3.63) is 41.6 Å². The number of hydrogen-bond acceptors (Lipinski definition) is 4. The van der Waals surface area contributed by atoms with Crippen LogP contribution in [0.1, 0.15) is 12.8 Å². The zero-order valence-corrected chi connectivity index (χ0v) is 12.1. The van der Waals surface area contributed by atoms with Crippen LogP contribution in [0, 0.1) is 0 Å². The molecule has 0 bridgehead atoms. The number of benzene rings is 1. The fourth-order valence-corrected chi connectivity index (χ4v) is 2.48. The summed E-state index contributed by atoms with van der Waals surface area (Å²) < 4.78 is 0. The van der Waals surface area contributed by atoms with Crippen LogP contribution in [-0.2, 0) is 4.79 Å². The molecule has 5 nitrogen and oxygen atoms in total. The van der Waals surface area contributed by atoms with Gasteiger partial charge in [0.1, 0.15) is 17.0 Å². The Bertz CT molecular complexity index is 647. The zero-order valence-electron chi connectivity index (χ0n) is 11.3. The first-order chi connectivity index (χ1) is 10.2. The van der Waals surface area contributed by atoms with Gasteiger partial charge in [0, 0.05) is 18.2 Å². The van der Waals surface area contributed by atoms with Gasteiger partial charge in [-0.2, -0.15) is 0 Å². The van der Waals surface area contributed by atoms with E-state index in [0.717, 1.165) is 24.9 Å². The van der Waals surface area contributed by atoms with E-state index in [-0.39, 0.29) is 11.9 Å². The average Bonchev–Trinajstić information content (AvgIpc) is 2.50. The third-order valence-corrected chi connectivity index (χ3v) is 3.53. The highest BCUT2D eigenvalue weighted by molar-refractivity contribution is 6.29. The minimum absolute atomic E-state index is 0.00255. The molecule has 0 saturated carbocycles. The standard InChI is InChI=1S/C15H15ClN4O/c16-12-9-13(18-11-7-4-8-17-15(11)21)20-14(19-12)10-5-2-1-3-6-10/h1-3,5-6,9,11H,4,7-8H2,(H,17,21)(H,18,19,20). The smallest absolute Gasteiger partial charge is 0.242 e. The Balaban J connectivity index is 1.86. The summed E-state index contributed by atoms with van der Waals surface area (Å²) in [5, 5.41) is 6.32. The quantitative estimate of drug-likeness (QED) is 0.855. The van der Waals surface area contributed by atoms with Gasteiger partial charge in [-0.25, -0.2) is 9.97 Å². The second-order valence-electron chi connectivity index (χ2n) is 4.90. The Morgan fingerprint density at radius 3 is 2.81 bits per heavy atom. The fourth-order valence-electron chi connectivity index (χ4n) is 2.30. The molecule has 1 aliphatic heterocycles.